The zero-order valence-electron chi connectivity index (χ0n) is 15.1. The first-order valence-electron chi connectivity index (χ1n) is 8.69. The lowest BCUT2D eigenvalue weighted by Gasteiger charge is -2.32. The Hall–Kier alpha value is -2.20. The van der Waals surface area contributed by atoms with Gasteiger partial charge >= 0.3 is 12.0 Å². The summed E-state index contributed by atoms with van der Waals surface area (Å²) in [6.07, 6.45) is 5.03. The second kappa shape index (κ2) is 8.87. The molecule has 2 amide bonds. The van der Waals surface area contributed by atoms with Crippen LogP contribution in [-0.2, 0) is 4.79 Å². The van der Waals surface area contributed by atoms with Gasteiger partial charge < -0.3 is 5.11 Å². The van der Waals surface area contributed by atoms with Gasteiger partial charge in [-0.3, -0.25) is 14.6 Å². The number of carboxylic acids is 1. The van der Waals surface area contributed by atoms with Crippen LogP contribution < -0.4 is 9.80 Å². The predicted molar refractivity (Wildman–Crippen MR) is 105 cm³/mol. The predicted octanol–water partition coefficient (Wildman–Crippen LogP) is 4.60. The third-order valence-corrected chi connectivity index (χ3v) is 6.71. The SMILES string of the molecule is CN(C(=O)N(c1ccc(F)c(F)c1)C1CCCC1)c1ncc(SCC(=O)O)s1. The summed E-state index contributed by atoms with van der Waals surface area (Å²) in [5.41, 5.74) is 0.305. The molecule has 1 aliphatic carbocycles. The Morgan fingerprint density at radius 2 is 2.00 bits per heavy atom. The molecule has 1 N–H and O–H groups in total. The van der Waals surface area contributed by atoms with Crippen molar-refractivity contribution in [1.82, 2.24) is 4.98 Å². The van der Waals surface area contributed by atoms with Crippen LogP contribution in [0.2, 0.25) is 0 Å². The molecular formula is C18H19F2N3O3S2. The first-order valence-corrected chi connectivity index (χ1v) is 10.5. The normalized spacial score (nSPS) is 14.2. The molecule has 0 unspecified atom stereocenters. The molecule has 2 aromatic rings. The molecule has 1 saturated carbocycles. The number of thiazole rings is 1. The fourth-order valence-corrected chi connectivity index (χ4v) is 4.76. The number of hydrogen-bond donors (Lipinski definition) is 1. The molecule has 10 heteroatoms. The number of carbonyl (C=O) groups is 2. The van der Waals surface area contributed by atoms with E-state index in [4.69, 9.17) is 5.11 Å². The number of anilines is 2. The third-order valence-electron chi connectivity index (χ3n) is 4.46. The number of amides is 2. The number of carbonyl (C=O) groups excluding carboxylic acids is 1. The quantitative estimate of drug-likeness (QED) is 0.682. The van der Waals surface area contributed by atoms with E-state index in [-0.39, 0.29) is 17.8 Å². The number of thioether (sulfide) groups is 1. The van der Waals surface area contributed by atoms with Crippen molar-refractivity contribution in [2.75, 3.05) is 22.6 Å². The molecule has 0 saturated heterocycles. The maximum absolute atomic E-state index is 13.8. The molecule has 1 fully saturated rings. The summed E-state index contributed by atoms with van der Waals surface area (Å²) < 4.78 is 27.8. The summed E-state index contributed by atoms with van der Waals surface area (Å²) in [7, 11) is 1.56. The number of nitrogens with zero attached hydrogens (tertiary/aromatic N) is 3. The zero-order valence-corrected chi connectivity index (χ0v) is 16.7. The highest BCUT2D eigenvalue weighted by molar-refractivity contribution is 8.01. The van der Waals surface area contributed by atoms with Gasteiger partial charge in [-0.1, -0.05) is 24.2 Å². The van der Waals surface area contributed by atoms with Crippen molar-refractivity contribution >= 4 is 45.9 Å². The van der Waals surface area contributed by atoms with Gasteiger partial charge in [0.25, 0.3) is 0 Å². The Balaban J connectivity index is 1.84. The minimum Gasteiger partial charge on any atom is -0.481 e. The van der Waals surface area contributed by atoms with E-state index in [2.05, 4.69) is 4.98 Å². The average molecular weight is 427 g/mol. The molecule has 28 heavy (non-hydrogen) atoms. The number of aromatic nitrogens is 1. The second-order valence-corrected chi connectivity index (χ2v) is 8.68. The number of hydrogen-bond acceptors (Lipinski definition) is 5. The van der Waals surface area contributed by atoms with Crippen molar-refractivity contribution in [1.29, 1.82) is 0 Å². The monoisotopic (exact) mass is 427 g/mol. The first kappa shape index (κ1) is 20.5. The lowest BCUT2D eigenvalue weighted by molar-refractivity contribution is -0.133. The minimum atomic E-state index is -1.00. The van der Waals surface area contributed by atoms with E-state index in [1.165, 1.54) is 33.4 Å². The summed E-state index contributed by atoms with van der Waals surface area (Å²) in [6.45, 7) is 0. The van der Waals surface area contributed by atoms with Crippen LogP contribution in [0.25, 0.3) is 0 Å². The van der Waals surface area contributed by atoms with E-state index in [1.54, 1.807) is 7.05 Å². The molecule has 3 rings (SSSR count). The Labute approximate surface area is 169 Å². The summed E-state index contributed by atoms with van der Waals surface area (Å²) >= 11 is 2.33. The smallest absolute Gasteiger partial charge is 0.330 e. The molecule has 1 aromatic carbocycles. The van der Waals surface area contributed by atoms with E-state index in [1.807, 2.05) is 0 Å². The van der Waals surface area contributed by atoms with Gasteiger partial charge in [0.15, 0.2) is 16.8 Å². The second-order valence-electron chi connectivity index (χ2n) is 6.39. The molecule has 1 heterocycles. The number of halogens is 2. The van der Waals surface area contributed by atoms with E-state index >= 15 is 0 Å². The Bertz CT molecular complexity index is 872. The lowest BCUT2D eigenvalue weighted by atomic mass is 10.1. The van der Waals surface area contributed by atoms with E-state index in [0.717, 1.165) is 49.6 Å². The van der Waals surface area contributed by atoms with Crippen molar-refractivity contribution in [2.24, 2.45) is 0 Å². The molecule has 1 aromatic heterocycles. The van der Waals surface area contributed by atoms with Crippen molar-refractivity contribution in [3.63, 3.8) is 0 Å². The topological polar surface area (TPSA) is 73.7 Å². The van der Waals surface area contributed by atoms with Crippen LogP contribution in [-0.4, -0.2) is 40.9 Å². The standard InChI is InChI=1S/C18H19F2N3O3S2/c1-22(17-21-9-16(28-17)27-10-15(24)25)18(26)23(11-4-2-3-5-11)12-6-7-13(19)14(20)8-12/h6-9,11H,2-5,10H2,1H3,(H,24,25). The number of rotatable bonds is 6. The van der Waals surface area contributed by atoms with Crippen LogP contribution in [0.5, 0.6) is 0 Å². The van der Waals surface area contributed by atoms with Crippen molar-refractivity contribution in [3.8, 4) is 0 Å². The van der Waals surface area contributed by atoms with Gasteiger partial charge in [-0.15, -0.1) is 11.8 Å². The molecular weight excluding hydrogens is 408 g/mol. The van der Waals surface area contributed by atoms with Crippen LogP contribution in [0.15, 0.2) is 28.6 Å². The molecule has 0 bridgehead atoms. The van der Waals surface area contributed by atoms with Gasteiger partial charge in [-0.25, -0.2) is 18.6 Å². The van der Waals surface area contributed by atoms with Gasteiger partial charge in [0.05, 0.1) is 16.2 Å². The summed E-state index contributed by atoms with van der Waals surface area (Å²) in [5.74, 6) is -2.99. The van der Waals surface area contributed by atoms with Crippen molar-refractivity contribution < 1.29 is 23.5 Å². The van der Waals surface area contributed by atoms with Crippen molar-refractivity contribution in [2.45, 2.75) is 35.9 Å². The van der Waals surface area contributed by atoms with Gasteiger partial charge in [-0.2, -0.15) is 0 Å². The maximum Gasteiger partial charge on any atom is 0.330 e. The van der Waals surface area contributed by atoms with E-state index in [9.17, 15) is 18.4 Å². The molecule has 1 aliphatic rings. The zero-order chi connectivity index (χ0) is 20.3. The first-order chi connectivity index (χ1) is 13.4. The highest BCUT2D eigenvalue weighted by atomic mass is 32.2. The number of aliphatic carboxylic acids is 1. The van der Waals surface area contributed by atoms with Gasteiger partial charge in [0.1, 0.15) is 0 Å². The number of carboxylic acid groups (broad SMARTS) is 1. The number of benzene rings is 1. The Morgan fingerprint density at radius 1 is 1.29 bits per heavy atom. The summed E-state index contributed by atoms with van der Waals surface area (Å²) in [5, 5.41) is 9.18. The summed E-state index contributed by atoms with van der Waals surface area (Å²) in [4.78, 5) is 31.0. The Kier molecular flexibility index (Phi) is 6.50. The molecule has 0 aliphatic heterocycles. The largest absolute Gasteiger partial charge is 0.481 e. The highest BCUT2D eigenvalue weighted by Crippen LogP contribution is 2.34. The fraction of sp³-hybridized carbons (Fsp3) is 0.389. The molecule has 150 valence electrons. The summed E-state index contributed by atoms with van der Waals surface area (Å²) in [6, 6.07) is 2.97. The third kappa shape index (κ3) is 4.61. The molecule has 0 radical (unpaired) electrons. The molecule has 6 nitrogen and oxygen atoms in total. The minimum absolute atomic E-state index is 0.0949. The van der Waals surface area contributed by atoms with Crippen LogP contribution in [0, 0.1) is 11.6 Å². The van der Waals surface area contributed by atoms with Crippen LogP contribution in [0.3, 0.4) is 0 Å². The highest BCUT2D eigenvalue weighted by Gasteiger charge is 2.32. The Morgan fingerprint density at radius 3 is 2.64 bits per heavy atom. The average Bonchev–Trinajstić information content (AvgIpc) is 3.34. The van der Waals surface area contributed by atoms with Gasteiger partial charge in [0.2, 0.25) is 0 Å². The van der Waals surface area contributed by atoms with Gasteiger partial charge in [0, 0.05) is 24.8 Å². The van der Waals surface area contributed by atoms with Crippen LogP contribution in [0.4, 0.5) is 24.4 Å². The van der Waals surface area contributed by atoms with Crippen LogP contribution >= 0.6 is 23.1 Å². The number of urea groups is 1. The molecule has 0 atom stereocenters. The molecule has 0 spiro atoms. The fourth-order valence-electron chi connectivity index (χ4n) is 3.12. The lowest BCUT2D eigenvalue weighted by Crippen LogP contribution is -2.46. The van der Waals surface area contributed by atoms with E-state index < -0.39 is 17.6 Å². The van der Waals surface area contributed by atoms with E-state index in [0.29, 0.717) is 15.0 Å². The maximum atomic E-state index is 13.8. The van der Waals surface area contributed by atoms with Crippen LogP contribution in [0.1, 0.15) is 25.7 Å². The van der Waals surface area contributed by atoms with Crippen molar-refractivity contribution in [3.05, 3.63) is 36.0 Å². The van der Waals surface area contributed by atoms with Gasteiger partial charge in [-0.05, 0) is 25.0 Å².